The largest absolute Gasteiger partial charge is 0.481 e. The zero-order valence-electron chi connectivity index (χ0n) is 14.1. The fraction of sp³-hybridized carbons (Fsp3) is 0.526. The van der Waals surface area contributed by atoms with Gasteiger partial charge in [-0.2, -0.15) is 0 Å². The zero-order valence-corrected chi connectivity index (χ0v) is 14.1. The van der Waals surface area contributed by atoms with Crippen LogP contribution in [-0.4, -0.2) is 47.4 Å². The van der Waals surface area contributed by atoms with Gasteiger partial charge in [0.25, 0.3) is 0 Å². The Morgan fingerprint density at radius 1 is 1.24 bits per heavy atom. The van der Waals surface area contributed by atoms with E-state index in [1.54, 1.807) is 9.80 Å². The van der Waals surface area contributed by atoms with Crippen molar-refractivity contribution in [3.8, 4) is 0 Å². The molecule has 0 bridgehead atoms. The van der Waals surface area contributed by atoms with E-state index < -0.39 is 11.4 Å². The molecule has 0 unspecified atom stereocenters. The number of carboxylic acid groups (broad SMARTS) is 1. The van der Waals surface area contributed by atoms with Crippen LogP contribution >= 0.6 is 0 Å². The molecule has 1 N–H and O–H groups in total. The summed E-state index contributed by atoms with van der Waals surface area (Å²) in [5.41, 5.74) is 1.11. The van der Waals surface area contributed by atoms with E-state index in [0.717, 1.165) is 24.1 Å². The number of rotatable bonds is 3. The Balaban J connectivity index is 1.52. The second kappa shape index (κ2) is 5.86. The molecular formula is C19H22N2O4. The topological polar surface area (TPSA) is 77.9 Å². The summed E-state index contributed by atoms with van der Waals surface area (Å²) in [4.78, 5) is 40.1. The maximum absolute atomic E-state index is 12.8. The summed E-state index contributed by atoms with van der Waals surface area (Å²) < 4.78 is 0. The van der Waals surface area contributed by atoms with Crippen LogP contribution in [-0.2, 0) is 20.8 Å². The minimum atomic E-state index is -0.787. The average Bonchev–Trinajstić information content (AvgIpc) is 3.16. The average molecular weight is 342 g/mol. The van der Waals surface area contributed by atoms with Gasteiger partial charge in [-0.3, -0.25) is 14.4 Å². The lowest BCUT2D eigenvalue weighted by molar-refractivity contribution is -0.149. The van der Waals surface area contributed by atoms with Crippen molar-refractivity contribution in [3.63, 3.8) is 0 Å². The van der Waals surface area contributed by atoms with Gasteiger partial charge in [-0.1, -0.05) is 24.6 Å². The normalized spacial score (nSPS) is 28.0. The number of amides is 2. The van der Waals surface area contributed by atoms with E-state index in [2.05, 4.69) is 0 Å². The van der Waals surface area contributed by atoms with Crippen molar-refractivity contribution in [1.29, 1.82) is 0 Å². The number of para-hydroxylation sites is 1. The van der Waals surface area contributed by atoms with E-state index in [0.29, 0.717) is 25.8 Å². The third kappa shape index (κ3) is 2.51. The van der Waals surface area contributed by atoms with Gasteiger partial charge in [-0.25, -0.2) is 0 Å². The van der Waals surface area contributed by atoms with Crippen LogP contribution in [0.15, 0.2) is 24.3 Å². The molecule has 2 fully saturated rings. The van der Waals surface area contributed by atoms with Crippen molar-refractivity contribution in [2.24, 2.45) is 11.3 Å². The Hall–Kier alpha value is -2.37. The standard InChI is InChI=1S/C19H22N2O4/c22-16-8-7-13-4-1-2-6-15(13)21(16)11-17(23)20-10-14-5-3-9-19(14,12-20)18(24)25/h1-2,4,6,14H,3,5,7-12H2,(H,24,25)/t14-,19+/m0/s1. The first-order valence-corrected chi connectivity index (χ1v) is 8.91. The quantitative estimate of drug-likeness (QED) is 0.906. The predicted molar refractivity (Wildman–Crippen MR) is 91.1 cm³/mol. The van der Waals surface area contributed by atoms with Gasteiger partial charge >= 0.3 is 5.97 Å². The highest BCUT2D eigenvalue weighted by molar-refractivity contribution is 6.01. The van der Waals surface area contributed by atoms with Crippen LogP contribution in [0, 0.1) is 11.3 Å². The maximum atomic E-state index is 12.8. The number of aryl methyl sites for hydroxylation is 1. The number of carbonyl (C=O) groups is 3. The number of hydrogen-bond donors (Lipinski definition) is 1. The van der Waals surface area contributed by atoms with Crippen molar-refractivity contribution in [2.75, 3.05) is 24.5 Å². The Morgan fingerprint density at radius 2 is 2.04 bits per heavy atom. The molecule has 132 valence electrons. The number of carboxylic acids is 1. The molecule has 2 atom stereocenters. The summed E-state index contributed by atoms with van der Waals surface area (Å²) in [6.07, 6.45) is 3.53. The van der Waals surface area contributed by atoms with Crippen LogP contribution < -0.4 is 4.90 Å². The van der Waals surface area contributed by atoms with Crippen LogP contribution in [0.2, 0.25) is 0 Å². The van der Waals surface area contributed by atoms with Crippen LogP contribution in [0.1, 0.15) is 31.2 Å². The first-order valence-electron chi connectivity index (χ1n) is 8.91. The highest BCUT2D eigenvalue weighted by Crippen LogP contribution is 2.48. The highest BCUT2D eigenvalue weighted by Gasteiger charge is 2.55. The molecule has 6 nitrogen and oxygen atoms in total. The zero-order chi connectivity index (χ0) is 17.6. The third-order valence-corrected chi connectivity index (χ3v) is 6.13. The number of anilines is 1. The van der Waals surface area contributed by atoms with Crippen LogP contribution in [0.25, 0.3) is 0 Å². The van der Waals surface area contributed by atoms with Crippen LogP contribution in [0.3, 0.4) is 0 Å². The smallest absolute Gasteiger partial charge is 0.311 e. The van der Waals surface area contributed by atoms with Gasteiger partial charge in [-0.05, 0) is 36.8 Å². The molecule has 2 aliphatic heterocycles. The van der Waals surface area contributed by atoms with E-state index in [1.807, 2.05) is 24.3 Å². The van der Waals surface area contributed by atoms with E-state index in [9.17, 15) is 19.5 Å². The number of carbonyl (C=O) groups excluding carboxylic acids is 2. The lowest BCUT2D eigenvalue weighted by Gasteiger charge is -2.30. The Bertz CT molecular complexity index is 747. The number of nitrogens with zero attached hydrogens (tertiary/aromatic N) is 2. The Kier molecular flexibility index (Phi) is 3.78. The molecule has 1 saturated carbocycles. The van der Waals surface area contributed by atoms with E-state index in [1.165, 1.54) is 0 Å². The van der Waals surface area contributed by atoms with Gasteiger partial charge < -0.3 is 14.9 Å². The molecule has 0 spiro atoms. The lowest BCUT2D eigenvalue weighted by Crippen LogP contribution is -2.45. The fourth-order valence-corrected chi connectivity index (χ4v) is 4.73. The molecule has 2 amide bonds. The predicted octanol–water partition coefficient (Wildman–Crippen LogP) is 1.68. The fourth-order valence-electron chi connectivity index (χ4n) is 4.73. The molecule has 6 heteroatoms. The van der Waals surface area contributed by atoms with Gasteiger partial charge in [0.15, 0.2) is 0 Å². The molecular weight excluding hydrogens is 320 g/mol. The third-order valence-electron chi connectivity index (χ3n) is 6.13. The first kappa shape index (κ1) is 16.1. The van der Waals surface area contributed by atoms with E-state index in [-0.39, 0.29) is 30.8 Å². The Labute approximate surface area is 146 Å². The maximum Gasteiger partial charge on any atom is 0.311 e. The van der Waals surface area contributed by atoms with Crippen molar-refractivity contribution in [2.45, 2.75) is 32.1 Å². The Morgan fingerprint density at radius 3 is 2.80 bits per heavy atom. The van der Waals surface area contributed by atoms with Crippen LogP contribution in [0.4, 0.5) is 5.69 Å². The monoisotopic (exact) mass is 342 g/mol. The molecule has 3 aliphatic rings. The second-order valence-corrected chi connectivity index (χ2v) is 7.43. The summed E-state index contributed by atoms with van der Waals surface area (Å²) in [6.45, 7) is 0.766. The molecule has 4 rings (SSSR count). The van der Waals surface area contributed by atoms with Crippen molar-refractivity contribution < 1.29 is 19.5 Å². The van der Waals surface area contributed by atoms with Gasteiger partial charge in [0, 0.05) is 25.2 Å². The van der Waals surface area contributed by atoms with E-state index in [4.69, 9.17) is 0 Å². The number of benzene rings is 1. The SMILES string of the molecule is O=C(CN1C(=O)CCc2ccccc21)N1C[C@@H]2CCC[C@@]2(C(=O)O)C1. The molecule has 2 heterocycles. The number of aliphatic carboxylic acids is 1. The molecule has 1 aromatic rings. The number of fused-ring (bicyclic) bond motifs is 2. The van der Waals surface area contributed by atoms with Crippen molar-refractivity contribution >= 4 is 23.5 Å². The van der Waals surface area contributed by atoms with Crippen molar-refractivity contribution in [3.05, 3.63) is 29.8 Å². The second-order valence-electron chi connectivity index (χ2n) is 7.43. The van der Waals surface area contributed by atoms with E-state index >= 15 is 0 Å². The van der Waals surface area contributed by atoms with Gasteiger partial charge in [0.1, 0.15) is 6.54 Å². The number of likely N-dealkylation sites (tertiary alicyclic amines) is 1. The number of hydrogen-bond acceptors (Lipinski definition) is 3. The summed E-state index contributed by atoms with van der Waals surface area (Å²) in [6, 6.07) is 7.66. The van der Waals surface area contributed by atoms with Gasteiger partial charge in [-0.15, -0.1) is 0 Å². The molecule has 1 aromatic carbocycles. The summed E-state index contributed by atoms with van der Waals surface area (Å²) in [7, 11) is 0. The summed E-state index contributed by atoms with van der Waals surface area (Å²) in [5, 5.41) is 9.66. The minimum absolute atomic E-state index is 0.00172. The lowest BCUT2D eigenvalue weighted by atomic mass is 9.81. The summed E-state index contributed by atoms with van der Waals surface area (Å²) in [5.74, 6) is -0.942. The van der Waals surface area contributed by atoms with Gasteiger partial charge in [0.05, 0.1) is 5.41 Å². The summed E-state index contributed by atoms with van der Waals surface area (Å²) >= 11 is 0. The first-order chi connectivity index (χ1) is 12.0. The minimum Gasteiger partial charge on any atom is -0.481 e. The molecule has 25 heavy (non-hydrogen) atoms. The molecule has 0 aromatic heterocycles. The van der Waals surface area contributed by atoms with Gasteiger partial charge in [0.2, 0.25) is 11.8 Å². The van der Waals surface area contributed by atoms with Crippen molar-refractivity contribution in [1.82, 2.24) is 4.90 Å². The molecule has 0 radical (unpaired) electrons. The molecule has 1 aliphatic carbocycles. The molecule has 1 saturated heterocycles. The van der Waals surface area contributed by atoms with Crippen LogP contribution in [0.5, 0.6) is 0 Å². The highest BCUT2D eigenvalue weighted by atomic mass is 16.4.